The van der Waals surface area contributed by atoms with Gasteiger partial charge in [-0.2, -0.15) is 13.2 Å². The van der Waals surface area contributed by atoms with E-state index >= 15 is 0 Å². The van der Waals surface area contributed by atoms with E-state index in [2.05, 4.69) is 0 Å². The van der Waals surface area contributed by atoms with E-state index in [-0.39, 0.29) is 6.04 Å². The summed E-state index contributed by atoms with van der Waals surface area (Å²) in [5.41, 5.74) is -0.0385. The lowest BCUT2D eigenvalue weighted by molar-refractivity contribution is -0.137. The third-order valence-corrected chi connectivity index (χ3v) is 3.58. The SMILES string of the molecule is CN(c1ccc(C(F)(F)F)cc1)C1CCN(C(=O)O)C1. The molecule has 20 heavy (non-hydrogen) atoms. The van der Waals surface area contributed by atoms with E-state index in [9.17, 15) is 18.0 Å². The number of alkyl halides is 3. The molecule has 0 radical (unpaired) electrons. The van der Waals surface area contributed by atoms with Crippen LogP contribution < -0.4 is 4.90 Å². The Morgan fingerprint density at radius 2 is 1.95 bits per heavy atom. The minimum atomic E-state index is -4.34. The van der Waals surface area contributed by atoms with Crippen molar-refractivity contribution in [1.29, 1.82) is 0 Å². The molecule has 0 aromatic heterocycles. The molecule has 0 aliphatic carbocycles. The van der Waals surface area contributed by atoms with Crippen LogP contribution in [0.5, 0.6) is 0 Å². The third-order valence-electron chi connectivity index (χ3n) is 3.58. The Labute approximate surface area is 114 Å². The van der Waals surface area contributed by atoms with Crippen LogP contribution in [0.2, 0.25) is 0 Å². The summed E-state index contributed by atoms with van der Waals surface area (Å²) in [7, 11) is 1.76. The summed E-state index contributed by atoms with van der Waals surface area (Å²) in [6.45, 7) is 0.817. The number of nitrogens with zero attached hydrogens (tertiary/aromatic N) is 2. The van der Waals surface area contributed by atoms with Crippen molar-refractivity contribution in [3.05, 3.63) is 29.8 Å². The number of likely N-dealkylation sites (N-methyl/N-ethyl adjacent to an activating group) is 1. The number of anilines is 1. The minimum Gasteiger partial charge on any atom is -0.465 e. The highest BCUT2D eigenvalue weighted by Gasteiger charge is 2.31. The Morgan fingerprint density at radius 3 is 2.40 bits per heavy atom. The first-order valence-electron chi connectivity index (χ1n) is 6.17. The second-order valence-corrected chi connectivity index (χ2v) is 4.83. The highest BCUT2D eigenvalue weighted by molar-refractivity contribution is 5.65. The second-order valence-electron chi connectivity index (χ2n) is 4.83. The number of benzene rings is 1. The second kappa shape index (κ2) is 5.22. The summed E-state index contributed by atoms with van der Waals surface area (Å²) in [5, 5.41) is 8.89. The van der Waals surface area contributed by atoms with Gasteiger partial charge in [-0.05, 0) is 30.7 Å². The summed E-state index contributed by atoms with van der Waals surface area (Å²) in [4.78, 5) is 14.0. The molecule has 1 amide bonds. The van der Waals surface area contributed by atoms with Crippen LogP contribution in [0.25, 0.3) is 0 Å². The van der Waals surface area contributed by atoms with Crippen LogP contribution in [0.3, 0.4) is 0 Å². The maximum atomic E-state index is 12.5. The number of likely N-dealkylation sites (tertiary alicyclic amines) is 1. The minimum absolute atomic E-state index is 0.0113. The van der Waals surface area contributed by atoms with Crippen molar-refractivity contribution in [3.63, 3.8) is 0 Å². The number of hydrogen-bond acceptors (Lipinski definition) is 2. The van der Waals surface area contributed by atoms with Crippen molar-refractivity contribution in [2.75, 3.05) is 25.0 Å². The van der Waals surface area contributed by atoms with Crippen LogP contribution in [0, 0.1) is 0 Å². The Bertz CT molecular complexity index is 487. The van der Waals surface area contributed by atoms with E-state index < -0.39 is 17.8 Å². The fraction of sp³-hybridized carbons (Fsp3) is 0.462. The van der Waals surface area contributed by atoms with Crippen LogP contribution >= 0.6 is 0 Å². The Morgan fingerprint density at radius 1 is 1.35 bits per heavy atom. The molecule has 110 valence electrons. The highest BCUT2D eigenvalue weighted by Crippen LogP contribution is 2.31. The van der Waals surface area contributed by atoms with Crippen molar-refractivity contribution in [2.45, 2.75) is 18.6 Å². The molecule has 1 unspecified atom stereocenters. The van der Waals surface area contributed by atoms with E-state index in [0.29, 0.717) is 25.2 Å². The molecule has 0 bridgehead atoms. The fourth-order valence-electron chi connectivity index (χ4n) is 2.33. The largest absolute Gasteiger partial charge is 0.465 e. The van der Waals surface area contributed by atoms with Gasteiger partial charge in [-0.3, -0.25) is 0 Å². The lowest BCUT2D eigenvalue weighted by atomic mass is 10.1. The van der Waals surface area contributed by atoms with E-state index in [1.54, 1.807) is 7.05 Å². The smallest absolute Gasteiger partial charge is 0.416 e. The Kier molecular flexibility index (Phi) is 3.78. The molecular formula is C13H15F3N2O2. The molecule has 1 aliphatic heterocycles. The molecule has 1 heterocycles. The quantitative estimate of drug-likeness (QED) is 0.910. The monoisotopic (exact) mass is 288 g/mol. The maximum absolute atomic E-state index is 12.5. The van der Waals surface area contributed by atoms with Crippen LogP contribution in [0.1, 0.15) is 12.0 Å². The van der Waals surface area contributed by atoms with Gasteiger partial charge in [-0.15, -0.1) is 0 Å². The van der Waals surface area contributed by atoms with Gasteiger partial charge in [0.15, 0.2) is 0 Å². The molecule has 1 aliphatic rings. The van der Waals surface area contributed by atoms with Gasteiger partial charge < -0.3 is 14.9 Å². The number of carbonyl (C=O) groups is 1. The van der Waals surface area contributed by atoms with Gasteiger partial charge in [-0.1, -0.05) is 0 Å². The lowest BCUT2D eigenvalue weighted by Crippen LogP contribution is -2.36. The molecular weight excluding hydrogens is 273 g/mol. The van der Waals surface area contributed by atoms with Crippen LogP contribution in [-0.2, 0) is 6.18 Å². The Hall–Kier alpha value is -1.92. The lowest BCUT2D eigenvalue weighted by Gasteiger charge is -2.26. The highest BCUT2D eigenvalue weighted by atomic mass is 19.4. The van der Waals surface area contributed by atoms with E-state index in [1.165, 1.54) is 17.0 Å². The van der Waals surface area contributed by atoms with Crippen LogP contribution in [-0.4, -0.2) is 42.3 Å². The number of carboxylic acid groups (broad SMARTS) is 1. The first kappa shape index (κ1) is 14.5. The molecule has 4 nitrogen and oxygen atoms in total. The third kappa shape index (κ3) is 2.97. The summed E-state index contributed by atoms with van der Waals surface area (Å²) < 4.78 is 37.4. The molecule has 1 saturated heterocycles. The molecule has 7 heteroatoms. The predicted octanol–water partition coefficient (Wildman–Crippen LogP) is 2.89. The molecule has 0 saturated carbocycles. The number of hydrogen-bond donors (Lipinski definition) is 1. The molecule has 1 N–H and O–H groups in total. The topological polar surface area (TPSA) is 43.8 Å². The van der Waals surface area contributed by atoms with Gasteiger partial charge in [0.1, 0.15) is 0 Å². The molecule has 0 spiro atoms. The summed E-state index contributed by atoms with van der Waals surface area (Å²) >= 11 is 0. The van der Waals surface area contributed by atoms with Crippen molar-refractivity contribution < 1.29 is 23.1 Å². The average molecular weight is 288 g/mol. The zero-order valence-electron chi connectivity index (χ0n) is 10.9. The van der Waals surface area contributed by atoms with Gasteiger partial charge >= 0.3 is 12.3 Å². The number of halogens is 3. The zero-order valence-corrected chi connectivity index (χ0v) is 10.9. The first-order chi connectivity index (χ1) is 9.29. The standard InChI is InChI=1S/C13H15F3N2O2/c1-17(11-6-7-18(8-11)12(19)20)10-4-2-9(3-5-10)13(14,15)16/h2-5,11H,6-8H2,1H3,(H,19,20). The molecule has 2 rings (SSSR count). The van der Waals surface area contributed by atoms with Crippen molar-refractivity contribution in [3.8, 4) is 0 Å². The number of amides is 1. The molecule has 1 fully saturated rings. The van der Waals surface area contributed by atoms with E-state index in [4.69, 9.17) is 5.11 Å². The van der Waals surface area contributed by atoms with Gasteiger partial charge in [0.05, 0.1) is 5.56 Å². The predicted molar refractivity (Wildman–Crippen MR) is 67.8 cm³/mol. The van der Waals surface area contributed by atoms with Crippen LogP contribution in [0.15, 0.2) is 24.3 Å². The maximum Gasteiger partial charge on any atom is 0.416 e. The first-order valence-corrected chi connectivity index (χ1v) is 6.17. The normalized spacial score (nSPS) is 19.2. The summed E-state index contributed by atoms with van der Waals surface area (Å²) in [5.74, 6) is 0. The van der Waals surface area contributed by atoms with Crippen molar-refractivity contribution in [2.24, 2.45) is 0 Å². The summed E-state index contributed by atoms with van der Waals surface area (Å²) in [6, 6.07) is 4.88. The fourth-order valence-corrected chi connectivity index (χ4v) is 2.33. The zero-order chi connectivity index (χ0) is 14.9. The van der Waals surface area contributed by atoms with Gasteiger partial charge in [0.2, 0.25) is 0 Å². The van der Waals surface area contributed by atoms with E-state index in [0.717, 1.165) is 12.1 Å². The van der Waals surface area contributed by atoms with Crippen molar-refractivity contribution in [1.82, 2.24) is 4.90 Å². The van der Waals surface area contributed by atoms with E-state index in [1.807, 2.05) is 4.90 Å². The van der Waals surface area contributed by atoms with Gasteiger partial charge in [0.25, 0.3) is 0 Å². The summed E-state index contributed by atoms with van der Waals surface area (Å²) in [6.07, 6.45) is -4.64. The Balaban J connectivity index is 2.07. The molecule has 1 atom stereocenters. The molecule has 1 aromatic rings. The number of rotatable bonds is 2. The van der Waals surface area contributed by atoms with Crippen molar-refractivity contribution >= 4 is 11.8 Å². The average Bonchev–Trinajstić information content (AvgIpc) is 2.86. The molecule has 1 aromatic carbocycles. The van der Waals surface area contributed by atoms with Crippen LogP contribution in [0.4, 0.5) is 23.7 Å². The van der Waals surface area contributed by atoms with Gasteiger partial charge in [0, 0.05) is 31.9 Å². The van der Waals surface area contributed by atoms with Gasteiger partial charge in [-0.25, -0.2) is 4.79 Å².